The predicted octanol–water partition coefficient (Wildman–Crippen LogP) is 10.5. The molecule has 0 spiro atoms. The molecule has 1 rings (SSSR count). The first-order valence-electron chi connectivity index (χ1n) is 23.9. The molecule has 0 saturated carbocycles. The maximum absolute atomic E-state index is 12.8. The number of esters is 2. The maximum Gasteiger partial charge on any atom is 0.306 e. The Morgan fingerprint density at radius 3 is 1.48 bits per heavy atom. The molecule has 6 atom stereocenters. The van der Waals surface area contributed by atoms with Crippen molar-refractivity contribution in [2.75, 3.05) is 19.8 Å². The summed E-state index contributed by atoms with van der Waals surface area (Å²) in [4.78, 5) is 25.3. The van der Waals surface area contributed by atoms with E-state index < -0.39 is 49.4 Å². The number of hydrogen-bond acceptors (Lipinski definition) is 10. The number of rotatable bonds is 40. The van der Waals surface area contributed by atoms with Crippen molar-refractivity contribution in [2.45, 2.75) is 250 Å². The largest absolute Gasteiger partial charge is 0.462 e. The van der Waals surface area contributed by atoms with E-state index in [1.807, 2.05) is 0 Å². The van der Waals surface area contributed by atoms with E-state index in [1.54, 1.807) is 0 Å². The minimum absolute atomic E-state index is 0.169. The van der Waals surface area contributed by atoms with Crippen LogP contribution in [0, 0.1) is 0 Å². The standard InChI is InChI=1S/C48H88O10/c1-3-5-7-9-11-13-15-17-19-21-23-25-27-29-31-33-35-37-44(51)57-41(40-56-48-47(54)46(53)45(52)42(38-49)58-48)39-55-43(50)36-34-32-30-28-26-24-22-20-18-16-14-12-10-8-6-4-2/h23,25,29,31,41-42,45-49,52-54H,3-22,24,26-28,30,32-40H2,1-2H3/b25-23+,31-29+/t41-,42-,45+,46?,47?,48-/m0/s1. The van der Waals surface area contributed by atoms with Crippen molar-refractivity contribution in [3.05, 3.63) is 24.3 Å². The number of carbonyl (C=O) groups is 2. The van der Waals surface area contributed by atoms with Crippen LogP contribution in [0.25, 0.3) is 0 Å². The first-order valence-corrected chi connectivity index (χ1v) is 23.9. The second-order valence-corrected chi connectivity index (χ2v) is 16.6. The van der Waals surface area contributed by atoms with Gasteiger partial charge < -0.3 is 39.4 Å². The van der Waals surface area contributed by atoms with Crippen molar-refractivity contribution < 1.29 is 49.0 Å². The highest BCUT2D eigenvalue weighted by atomic mass is 16.7. The van der Waals surface area contributed by atoms with E-state index in [1.165, 1.54) is 141 Å². The molecule has 0 aromatic heterocycles. The van der Waals surface area contributed by atoms with Gasteiger partial charge in [0.15, 0.2) is 12.4 Å². The lowest BCUT2D eigenvalue weighted by molar-refractivity contribution is -0.305. The second kappa shape index (κ2) is 39.3. The van der Waals surface area contributed by atoms with Crippen LogP contribution in [-0.2, 0) is 28.5 Å². The second-order valence-electron chi connectivity index (χ2n) is 16.6. The molecule has 58 heavy (non-hydrogen) atoms. The third kappa shape index (κ3) is 30.2. The fourth-order valence-electron chi connectivity index (χ4n) is 7.29. The molecule has 1 aliphatic rings. The van der Waals surface area contributed by atoms with Crippen LogP contribution in [0.3, 0.4) is 0 Å². The highest BCUT2D eigenvalue weighted by molar-refractivity contribution is 5.70. The highest BCUT2D eigenvalue weighted by Gasteiger charge is 2.44. The summed E-state index contributed by atoms with van der Waals surface area (Å²) in [5, 5.41) is 40.1. The van der Waals surface area contributed by atoms with Crippen molar-refractivity contribution >= 4 is 11.9 Å². The Labute approximate surface area is 353 Å². The zero-order valence-electron chi connectivity index (χ0n) is 37.1. The molecule has 0 radical (unpaired) electrons. The zero-order valence-corrected chi connectivity index (χ0v) is 37.1. The minimum Gasteiger partial charge on any atom is -0.462 e. The molecule has 0 aliphatic carbocycles. The van der Waals surface area contributed by atoms with Gasteiger partial charge in [-0.2, -0.15) is 0 Å². The van der Waals surface area contributed by atoms with Crippen molar-refractivity contribution in [1.82, 2.24) is 0 Å². The van der Waals surface area contributed by atoms with E-state index in [0.717, 1.165) is 38.5 Å². The summed E-state index contributed by atoms with van der Waals surface area (Å²) >= 11 is 0. The van der Waals surface area contributed by atoms with Crippen LogP contribution in [0.1, 0.15) is 213 Å². The summed E-state index contributed by atoms with van der Waals surface area (Å²) in [6.07, 6.45) is 36.2. The Kier molecular flexibility index (Phi) is 36.7. The van der Waals surface area contributed by atoms with Crippen LogP contribution < -0.4 is 0 Å². The normalized spacial score (nSPS) is 20.3. The fourth-order valence-corrected chi connectivity index (χ4v) is 7.29. The molecular formula is C48H88O10. The van der Waals surface area contributed by atoms with Crippen molar-refractivity contribution in [3.63, 3.8) is 0 Å². The summed E-state index contributed by atoms with van der Waals surface area (Å²) in [7, 11) is 0. The Balaban J connectivity index is 2.33. The lowest BCUT2D eigenvalue weighted by Crippen LogP contribution is -2.59. The molecule has 10 heteroatoms. The third-order valence-corrected chi connectivity index (χ3v) is 11.1. The number of aliphatic hydroxyl groups excluding tert-OH is 4. The molecule has 10 nitrogen and oxygen atoms in total. The summed E-state index contributed by atoms with van der Waals surface area (Å²) in [6, 6.07) is 0. The lowest BCUT2D eigenvalue weighted by Gasteiger charge is -2.39. The molecular weight excluding hydrogens is 737 g/mol. The van der Waals surface area contributed by atoms with Gasteiger partial charge in [-0.25, -0.2) is 0 Å². The number of aliphatic hydroxyl groups is 4. The van der Waals surface area contributed by atoms with Crippen LogP contribution in [0.4, 0.5) is 0 Å². The van der Waals surface area contributed by atoms with Crippen molar-refractivity contribution in [1.29, 1.82) is 0 Å². The molecule has 1 fully saturated rings. The Morgan fingerprint density at radius 1 is 0.534 bits per heavy atom. The van der Waals surface area contributed by atoms with Crippen LogP contribution in [0.2, 0.25) is 0 Å². The molecule has 0 aromatic rings. The Hall–Kier alpha value is -1.82. The topological polar surface area (TPSA) is 152 Å². The molecule has 1 aliphatic heterocycles. The van der Waals surface area contributed by atoms with Crippen molar-refractivity contribution in [2.24, 2.45) is 0 Å². The van der Waals surface area contributed by atoms with Crippen LogP contribution in [0.15, 0.2) is 24.3 Å². The number of unbranched alkanes of at least 4 members (excludes halogenated alkanes) is 25. The van der Waals surface area contributed by atoms with Gasteiger partial charge in [-0.1, -0.05) is 186 Å². The summed E-state index contributed by atoms with van der Waals surface area (Å²) in [5.74, 6) is -0.850. The molecule has 2 unspecified atom stereocenters. The van der Waals surface area contributed by atoms with Gasteiger partial charge in [0.1, 0.15) is 31.0 Å². The number of ether oxygens (including phenoxy) is 4. The summed E-state index contributed by atoms with van der Waals surface area (Å²) < 4.78 is 22.1. The van der Waals surface area contributed by atoms with Gasteiger partial charge in [0.05, 0.1) is 13.2 Å². The quantitative estimate of drug-likeness (QED) is 0.0267. The van der Waals surface area contributed by atoms with Gasteiger partial charge in [-0.3, -0.25) is 9.59 Å². The number of carbonyl (C=O) groups excluding carboxylic acids is 2. The van der Waals surface area contributed by atoms with Crippen molar-refractivity contribution in [3.8, 4) is 0 Å². The monoisotopic (exact) mass is 825 g/mol. The molecule has 1 saturated heterocycles. The molecule has 340 valence electrons. The van der Waals surface area contributed by atoms with E-state index in [0.29, 0.717) is 6.42 Å². The lowest BCUT2D eigenvalue weighted by atomic mass is 9.99. The van der Waals surface area contributed by atoms with Crippen LogP contribution in [-0.4, -0.2) is 89.0 Å². The third-order valence-electron chi connectivity index (χ3n) is 11.1. The van der Waals surface area contributed by atoms with Gasteiger partial charge in [0.2, 0.25) is 0 Å². The molecule has 0 aromatic carbocycles. The smallest absolute Gasteiger partial charge is 0.306 e. The summed E-state index contributed by atoms with van der Waals surface area (Å²) in [6.45, 7) is 3.41. The highest BCUT2D eigenvalue weighted by Crippen LogP contribution is 2.23. The van der Waals surface area contributed by atoms with Gasteiger partial charge in [0, 0.05) is 12.8 Å². The Bertz CT molecular complexity index is 1000. The van der Waals surface area contributed by atoms with E-state index in [9.17, 15) is 30.0 Å². The SMILES string of the molecule is CCCCCCCCCCC/C=C/C/C=C/CCCC(=O)O[C@@H](COC(=O)CCCCCCCCCCCCCCCCCC)CO[C@H]1O[C@@H](CO)[C@@H](O)C(O)C1O. The van der Waals surface area contributed by atoms with Crippen LogP contribution >= 0.6 is 0 Å². The summed E-state index contributed by atoms with van der Waals surface area (Å²) in [5.41, 5.74) is 0. The molecule has 0 bridgehead atoms. The number of hydrogen-bond donors (Lipinski definition) is 4. The van der Waals surface area contributed by atoms with Gasteiger partial charge >= 0.3 is 11.9 Å². The minimum atomic E-state index is -1.60. The Morgan fingerprint density at radius 2 is 0.983 bits per heavy atom. The van der Waals surface area contributed by atoms with E-state index in [2.05, 4.69) is 38.2 Å². The van der Waals surface area contributed by atoms with Gasteiger partial charge in [-0.15, -0.1) is 0 Å². The van der Waals surface area contributed by atoms with E-state index >= 15 is 0 Å². The maximum atomic E-state index is 12.8. The van der Waals surface area contributed by atoms with Gasteiger partial charge in [0.25, 0.3) is 0 Å². The first kappa shape index (κ1) is 54.2. The van der Waals surface area contributed by atoms with Gasteiger partial charge in [-0.05, 0) is 38.5 Å². The zero-order chi connectivity index (χ0) is 42.3. The van der Waals surface area contributed by atoms with E-state index in [4.69, 9.17) is 18.9 Å². The number of allylic oxidation sites excluding steroid dienone is 4. The molecule has 1 heterocycles. The predicted molar refractivity (Wildman–Crippen MR) is 233 cm³/mol. The average molecular weight is 825 g/mol. The van der Waals surface area contributed by atoms with Crippen LogP contribution in [0.5, 0.6) is 0 Å². The fraction of sp³-hybridized carbons (Fsp3) is 0.875. The first-order chi connectivity index (χ1) is 28.3. The average Bonchev–Trinajstić information content (AvgIpc) is 3.22. The van der Waals surface area contributed by atoms with E-state index in [-0.39, 0.29) is 32.0 Å². The molecule has 4 N–H and O–H groups in total. The molecule has 0 amide bonds.